The molecule has 51 heavy (non-hydrogen) atoms. The Balaban J connectivity index is 0.000000159. The van der Waals surface area contributed by atoms with Crippen molar-refractivity contribution in [2.45, 2.75) is 39.9 Å². The maximum Gasteiger partial charge on any atom is 0.298 e. The van der Waals surface area contributed by atoms with E-state index in [-0.39, 0.29) is 42.3 Å². The summed E-state index contributed by atoms with van der Waals surface area (Å²) in [5.74, 6) is 2.73. The quantitative estimate of drug-likeness (QED) is 0.204. The molecule has 8 rings (SSSR count). The SMILES string of the molecule is Cc1nc(N2CCc3nc(COc4ccccc4)oc3C2=O)ncc1F.Cc1nccc(N2CCc3nc(COc4ccccc4)oc3C2=O)n1. The number of carbonyl (C=O) groups excluding carboxylic acids is 2. The van der Waals surface area contributed by atoms with Gasteiger partial charge in [0.2, 0.25) is 29.3 Å². The number of carbonyl (C=O) groups is 2. The average molecular weight is 691 g/mol. The minimum Gasteiger partial charge on any atom is -0.484 e. The number of aryl methyl sites for hydroxylation is 2. The monoisotopic (exact) mass is 690 g/mol. The van der Waals surface area contributed by atoms with Crippen molar-refractivity contribution in [1.82, 2.24) is 29.9 Å². The zero-order valence-electron chi connectivity index (χ0n) is 27.7. The molecular formula is C36H31FN8O6. The molecule has 6 heterocycles. The van der Waals surface area contributed by atoms with E-state index in [1.807, 2.05) is 60.7 Å². The van der Waals surface area contributed by atoms with E-state index >= 15 is 0 Å². The maximum atomic E-state index is 13.4. The van der Waals surface area contributed by atoms with Gasteiger partial charge in [0.15, 0.2) is 19.0 Å². The van der Waals surface area contributed by atoms with Crippen molar-refractivity contribution in [2.24, 2.45) is 0 Å². The number of aromatic nitrogens is 6. The molecule has 0 unspecified atom stereocenters. The lowest BCUT2D eigenvalue weighted by atomic mass is 10.1. The third-order valence-corrected chi connectivity index (χ3v) is 7.90. The van der Waals surface area contributed by atoms with Crippen molar-refractivity contribution in [3.63, 3.8) is 0 Å². The van der Waals surface area contributed by atoms with E-state index in [0.717, 1.165) is 11.9 Å². The van der Waals surface area contributed by atoms with Gasteiger partial charge in [-0.1, -0.05) is 36.4 Å². The largest absolute Gasteiger partial charge is 0.484 e. The molecule has 15 heteroatoms. The number of benzene rings is 2. The van der Waals surface area contributed by atoms with E-state index in [2.05, 4.69) is 29.9 Å². The van der Waals surface area contributed by atoms with Crippen LogP contribution in [-0.2, 0) is 26.1 Å². The Hall–Kier alpha value is -6.51. The fourth-order valence-corrected chi connectivity index (χ4v) is 5.38. The molecule has 0 aliphatic carbocycles. The van der Waals surface area contributed by atoms with Gasteiger partial charge in [0.1, 0.15) is 23.1 Å². The summed E-state index contributed by atoms with van der Waals surface area (Å²) in [6, 6.07) is 20.4. The second-order valence-corrected chi connectivity index (χ2v) is 11.4. The second kappa shape index (κ2) is 14.5. The summed E-state index contributed by atoms with van der Waals surface area (Å²) in [7, 11) is 0. The highest BCUT2D eigenvalue weighted by molar-refractivity contribution is 6.05. The molecule has 0 saturated heterocycles. The van der Waals surface area contributed by atoms with Crippen LogP contribution in [0.5, 0.6) is 11.5 Å². The van der Waals surface area contributed by atoms with Crippen LogP contribution in [-0.4, -0.2) is 54.8 Å². The van der Waals surface area contributed by atoms with Crippen LogP contribution in [0.1, 0.15) is 55.8 Å². The maximum absolute atomic E-state index is 13.4. The van der Waals surface area contributed by atoms with E-state index < -0.39 is 11.7 Å². The van der Waals surface area contributed by atoms with Gasteiger partial charge < -0.3 is 18.3 Å². The zero-order chi connectivity index (χ0) is 35.3. The highest BCUT2D eigenvalue weighted by atomic mass is 19.1. The minimum absolute atomic E-state index is 0.121. The Bertz CT molecular complexity index is 2180. The summed E-state index contributed by atoms with van der Waals surface area (Å²) in [5, 5.41) is 0. The summed E-state index contributed by atoms with van der Waals surface area (Å²) in [5.41, 5.74) is 1.43. The summed E-state index contributed by atoms with van der Waals surface area (Å²) in [4.78, 5) is 53.4. The van der Waals surface area contributed by atoms with Crippen LogP contribution in [0.15, 0.2) is 88.0 Å². The number of hydrogen-bond acceptors (Lipinski definition) is 12. The van der Waals surface area contributed by atoms with Crippen LogP contribution >= 0.6 is 0 Å². The number of fused-ring (bicyclic) bond motifs is 2. The molecule has 2 aliphatic heterocycles. The molecular weight excluding hydrogens is 659 g/mol. The van der Waals surface area contributed by atoms with E-state index in [9.17, 15) is 14.0 Å². The van der Waals surface area contributed by atoms with Crippen LogP contribution < -0.4 is 19.3 Å². The lowest BCUT2D eigenvalue weighted by molar-refractivity contribution is 0.0939. The molecule has 6 aromatic rings. The fraction of sp³-hybridized carbons (Fsp3) is 0.222. The highest BCUT2D eigenvalue weighted by Gasteiger charge is 2.33. The standard InChI is InChI=1S/C18H15FN4O3.C18H16N4O3/c1-11-13(19)9-20-18(21-11)23-8-7-14-16(17(23)24)26-15(22-14)10-25-12-5-3-2-4-6-12;1-12-19-9-7-15(20-12)22-10-8-14-17(18(22)23)25-16(21-14)11-24-13-5-3-2-4-6-13/h2-6,9H,7-8,10H2,1H3;2-7,9H,8,10-11H2,1H3. The van der Waals surface area contributed by atoms with E-state index in [1.165, 1.54) is 11.8 Å². The normalized spacial score (nSPS) is 13.6. The number of hydrogen-bond donors (Lipinski definition) is 0. The smallest absolute Gasteiger partial charge is 0.298 e. The van der Waals surface area contributed by atoms with E-state index in [1.54, 1.807) is 24.1 Å². The van der Waals surface area contributed by atoms with Gasteiger partial charge >= 0.3 is 0 Å². The molecule has 0 bridgehead atoms. The number of rotatable bonds is 8. The van der Waals surface area contributed by atoms with Gasteiger partial charge in [-0.15, -0.1) is 0 Å². The van der Waals surface area contributed by atoms with Crippen LogP contribution in [0, 0.1) is 19.7 Å². The second-order valence-electron chi connectivity index (χ2n) is 11.4. The van der Waals surface area contributed by atoms with Crippen LogP contribution in [0.3, 0.4) is 0 Å². The van der Waals surface area contributed by atoms with Gasteiger partial charge in [0.25, 0.3) is 11.8 Å². The number of oxazole rings is 2. The van der Waals surface area contributed by atoms with Crippen LogP contribution in [0.2, 0.25) is 0 Å². The number of ether oxygens (including phenoxy) is 2. The first-order valence-electron chi connectivity index (χ1n) is 16.1. The van der Waals surface area contributed by atoms with Gasteiger partial charge in [0.05, 0.1) is 23.3 Å². The molecule has 0 spiro atoms. The molecule has 0 saturated carbocycles. The van der Waals surface area contributed by atoms with E-state index in [4.69, 9.17) is 18.3 Å². The number of nitrogens with zero attached hydrogens (tertiary/aromatic N) is 8. The lowest BCUT2D eigenvalue weighted by Crippen LogP contribution is -2.38. The number of halogens is 1. The third kappa shape index (κ3) is 7.41. The van der Waals surface area contributed by atoms with Gasteiger partial charge in [-0.2, -0.15) is 0 Å². The Morgan fingerprint density at radius 3 is 1.80 bits per heavy atom. The Labute approximate surface area is 291 Å². The molecule has 0 fully saturated rings. The van der Waals surface area contributed by atoms with Gasteiger partial charge in [-0.05, 0) is 44.2 Å². The molecule has 2 aromatic carbocycles. The van der Waals surface area contributed by atoms with Crippen molar-refractivity contribution in [3.05, 3.63) is 131 Å². The molecule has 258 valence electrons. The molecule has 14 nitrogen and oxygen atoms in total. The van der Waals surface area contributed by atoms with Crippen LogP contribution in [0.25, 0.3) is 0 Å². The molecule has 0 atom stereocenters. The number of anilines is 2. The fourth-order valence-electron chi connectivity index (χ4n) is 5.38. The van der Waals surface area contributed by atoms with Gasteiger partial charge in [-0.25, -0.2) is 34.3 Å². The first-order valence-corrected chi connectivity index (χ1v) is 16.1. The van der Waals surface area contributed by atoms with Crippen molar-refractivity contribution in [1.29, 1.82) is 0 Å². The van der Waals surface area contributed by atoms with Gasteiger partial charge in [0, 0.05) is 32.1 Å². The minimum atomic E-state index is -0.515. The summed E-state index contributed by atoms with van der Waals surface area (Å²) >= 11 is 0. The first-order chi connectivity index (χ1) is 24.8. The summed E-state index contributed by atoms with van der Waals surface area (Å²) in [6.45, 7) is 4.47. The molecule has 2 aliphatic rings. The average Bonchev–Trinajstić information content (AvgIpc) is 3.78. The van der Waals surface area contributed by atoms with Crippen molar-refractivity contribution in [2.75, 3.05) is 22.9 Å². The molecule has 0 N–H and O–H groups in total. The molecule has 0 radical (unpaired) electrons. The van der Waals surface area contributed by atoms with Crippen molar-refractivity contribution >= 4 is 23.6 Å². The first kappa shape index (κ1) is 33.0. The van der Waals surface area contributed by atoms with Gasteiger partial charge in [-0.3, -0.25) is 19.4 Å². The van der Waals surface area contributed by atoms with Crippen LogP contribution in [0.4, 0.5) is 16.2 Å². The number of para-hydroxylation sites is 2. The Kier molecular flexibility index (Phi) is 9.41. The van der Waals surface area contributed by atoms with E-state index in [0.29, 0.717) is 66.5 Å². The van der Waals surface area contributed by atoms with Crippen molar-refractivity contribution in [3.8, 4) is 11.5 Å². The topological polar surface area (TPSA) is 163 Å². The summed E-state index contributed by atoms with van der Waals surface area (Å²) < 4.78 is 35.8. The molecule has 2 amide bonds. The number of amides is 2. The Morgan fingerprint density at radius 2 is 1.25 bits per heavy atom. The Morgan fingerprint density at radius 1 is 0.706 bits per heavy atom. The summed E-state index contributed by atoms with van der Waals surface area (Å²) in [6.07, 6.45) is 3.80. The zero-order valence-corrected chi connectivity index (χ0v) is 27.7. The third-order valence-electron chi connectivity index (χ3n) is 7.90. The predicted molar refractivity (Wildman–Crippen MR) is 179 cm³/mol. The predicted octanol–water partition coefficient (Wildman–Crippen LogP) is 5.25. The van der Waals surface area contributed by atoms with Crippen molar-refractivity contribution < 1.29 is 32.3 Å². The highest BCUT2D eigenvalue weighted by Crippen LogP contribution is 2.26. The molecule has 4 aromatic heterocycles. The lowest BCUT2D eigenvalue weighted by Gasteiger charge is -2.24.